The van der Waals surface area contributed by atoms with Crippen molar-refractivity contribution in [1.29, 1.82) is 5.26 Å². The first-order chi connectivity index (χ1) is 16.7. The smallest absolute Gasteiger partial charge is 0.254 e. The zero-order valence-electron chi connectivity index (χ0n) is 21.7. The molecule has 0 saturated carbocycles. The molecule has 188 valence electrons. The average molecular weight is 496 g/mol. The standard InChI is InChI=1S/C27H37N5O2S/c1-7-32(21-8-10-31(11-9-21)17(2)3)24-14-20(15-28)13-22(19(24)5)26(33)29-16-23-25(35-6)12-18(4)30-27(23)34/h12-14,17,21H,7-11,16H2,1-6H3,(H,29,33)(H,30,34). The SMILES string of the molecule is CCN(c1cc(C#N)cc(C(=O)NCc2c(SC)cc(C)[nH]c2=O)c1C)C1CCN(C(C)C)CC1. The number of thioether (sulfide) groups is 1. The topological polar surface area (TPSA) is 92.2 Å². The number of aromatic nitrogens is 1. The first kappa shape index (κ1) is 26.8. The highest BCUT2D eigenvalue weighted by molar-refractivity contribution is 7.98. The number of carbonyl (C=O) groups excluding carboxylic acids is 1. The normalized spacial score (nSPS) is 14.7. The molecule has 2 N–H and O–H groups in total. The Kier molecular flexibility index (Phi) is 9.03. The number of H-pyrrole nitrogens is 1. The molecule has 1 aromatic carbocycles. The first-order valence-corrected chi connectivity index (χ1v) is 13.5. The van der Waals surface area contributed by atoms with E-state index in [0.717, 1.165) is 54.3 Å². The Bertz CT molecular complexity index is 1160. The lowest BCUT2D eigenvalue weighted by Crippen LogP contribution is -2.47. The molecule has 0 bridgehead atoms. The van der Waals surface area contributed by atoms with Crippen LogP contribution in [-0.2, 0) is 6.54 Å². The predicted molar refractivity (Wildman–Crippen MR) is 143 cm³/mol. The molecule has 1 aliphatic heterocycles. The summed E-state index contributed by atoms with van der Waals surface area (Å²) in [6.07, 6.45) is 4.02. The minimum absolute atomic E-state index is 0.126. The summed E-state index contributed by atoms with van der Waals surface area (Å²) >= 11 is 1.48. The lowest BCUT2D eigenvalue weighted by Gasteiger charge is -2.41. The van der Waals surface area contributed by atoms with Crippen LogP contribution in [0.4, 0.5) is 5.69 Å². The number of nitrogens with one attached hydrogen (secondary N) is 2. The fourth-order valence-corrected chi connectivity index (χ4v) is 5.64. The van der Waals surface area contributed by atoms with Crippen LogP contribution in [0.15, 0.2) is 27.9 Å². The zero-order chi connectivity index (χ0) is 25.7. The summed E-state index contributed by atoms with van der Waals surface area (Å²) in [5.41, 5.74) is 3.88. The van der Waals surface area contributed by atoms with E-state index >= 15 is 0 Å². The highest BCUT2D eigenvalue weighted by Gasteiger charge is 2.27. The molecule has 0 aliphatic carbocycles. The Hall–Kier alpha value is -2.76. The van der Waals surface area contributed by atoms with Crippen molar-refractivity contribution in [1.82, 2.24) is 15.2 Å². The Morgan fingerprint density at radius 2 is 1.97 bits per heavy atom. The number of piperidine rings is 1. The monoisotopic (exact) mass is 495 g/mol. The third-order valence-corrected chi connectivity index (χ3v) is 7.75. The van der Waals surface area contributed by atoms with Gasteiger partial charge in [-0.2, -0.15) is 5.26 Å². The lowest BCUT2D eigenvalue weighted by atomic mass is 9.97. The molecule has 1 amide bonds. The van der Waals surface area contributed by atoms with Crippen molar-refractivity contribution in [2.24, 2.45) is 0 Å². The minimum Gasteiger partial charge on any atom is -0.368 e. The van der Waals surface area contributed by atoms with Gasteiger partial charge in [0.1, 0.15) is 0 Å². The van der Waals surface area contributed by atoms with Gasteiger partial charge in [0.05, 0.1) is 11.6 Å². The van der Waals surface area contributed by atoms with Crippen molar-refractivity contribution in [3.05, 3.63) is 56.5 Å². The maximum absolute atomic E-state index is 13.3. The first-order valence-electron chi connectivity index (χ1n) is 12.3. The number of hydrogen-bond acceptors (Lipinski definition) is 6. The zero-order valence-corrected chi connectivity index (χ0v) is 22.5. The second kappa shape index (κ2) is 11.8. The lowest BCUT2D eigenvalue weighted by molar-refractivity contribution is 0.0950. The molecule has 7 nitrogen and oxygen atoms in total. The van der Waals surface area contributed by atoms with Crippen molar-refractivity contribution in [3.63, 3.8) is 0 Å². The maximum Gasteiger partial charge on any atom is 0.254 e. The van der Waals surface area contributed by atoms with Gasteiger partial charge in [-0.15, -0.1) is 11.8 Å². The number of benzene rings is 1. The van der Waals surface area contributed by atoms with E-state index in [4.69, 9.17) is 0 Å². The summed E-state index contributed by atoms with van der Waals surface area (Å²) in [4.78, 5) is 34.3. The third kappa shape index (κ3) is 6.09. The number of likely N-dealkylation sites (tertiary alicyclic amines) is 1. The van der Waals surface area contributed by atoms with Gasteiger partial charge in [-0.1, -0.05) is 0 Å². The summed E-state index contributed by atoms with van der Waals surface area (Å²) in [5.74, 6) is -0.279. The molecule has 1 aliphatic rings. The Labute approximate surface area is 212 Å². The quantitative estimate of drug-likeness (QED) is 0.533. The van der Waals surface area contributed by atoms with E-state index in [0.29, 0.717) is 28.8 Å². The van der Waals surface area contributed by atoms with Gasteiger partial charge >= 0.3 is 0 Å². The van der Waals surface area contributed by atoms with Gasteiger partial charge in [0.25, 0.3) is 11.5 Å². The molecule has 1 saturated heterocycles. The van der Waals surface area contributed by atoms with E-state index < -0.39 is 0 Å². The Morgan fingerprint density at radius 1 is 1.29 bits per heavy atom. The van der Waals surface area contributed by atoms with E-state index in [-0.39, 0.29) is 18.0 Å². The molecular formula is C27H37N5O2S. The van der Waals surface area contributed by atoms with Crippen molar-refractivity contribution in [3.8, 4) is 6.07 Å². The molecule has 2 heterocycles. The summed E-state index contributed by atoms with van der Waals surface area (Å²) in [7, 11) is 0. The van der Waals surface area contributed by atoms with E-state index in [1.807, 2.05) is 32.2 Å². The Morgan fingerprint density at radius 3 is 2.54 bits per heavy atom. The van der Waals surface area contributed by atoms with Crippen LogP contribution in [-0.4, -0.2) is 53.8 Å². The van der Waals surface area contributed by atoms with Gasteiger partial charge in [0.15, 0.2) is 0 Å². The van der Waals surface area contributed by atoms with Crippen molar-refractivity contribution >= 4 is 23.4 Å². The molecule has 0 atom stereocenters. The summed E-state index contributed by atoms with van der Waals surface area (Å²) < 4.78 is 0. The minimum atomic E-state index is -0.279. The van der Waals surface area contributed by atoms with Gasteiger partial charge in [-0.3, -0.25) is 9.59 Å². The number of pyridine rings is 1. The Balaban J connectivity index is 1.87. The predicted octanol–water partition coefficient (Wildman–Crippen LogP) is 4.21. The van der Waals surface area contributed by atoms with Crippen molar-refractivity contribution < 1.29 is 4.79 Å². The number of amides is 1. The van der Waals surface area contributed by atoms with Crippen LogP contribution in [0, 0.1) is 25.2 Å². The van der Waals surface area contributed by atoms with Crippen LogP contribution >= 0.6 is 11.8 Å². The van der Waals surface area contributed by atoms with E-state index in [2.05, 4.69) is 46.9 Å². The molecule has 2 aromatic rings. The fraction of sp³-hybridized carbons (Fsp3) is 0.519. The number of nitriles is 1. The van der Waals surface area contributed by atoms with Gasteiger partial charge < -0.3 is 20.1 Å². The van der Waals surface area contributed by atoms with Crippen molar-refractivity contribution in [2.75, 3.05) is 30.8 Å². The largest absolute Gasteiger partial charge is 0.368 e. The van der Waals surface area contributed by atoms with Crippen molar-refractivity contribution in [2.45, 2.75) is 71.0 Å². The van der Waals surface area contributed by atoms with Gasteiger partial charge in [0.2, 0.25) is 0 Å². The number of anilines is 1. The highest BCUT2D eigenvalue weighted by Crippen LogP contribution is 2.30. The van der Waals surface area contributed by atoms with Crippen LogP contribution < -0.4 is 15.8 Å². The maximum atomic E-state index is 13.3. The van der Waals surface area contributed by atoms with Gasteiger partial charge in [-0.05, 0) is 77.5 Å². The second-order valence-electron chi connectivity index (χ2n) is 9.44. The van der Waals surface area contributed by atoms with E-state index in [1.165, 1.54) is 11.8 Å². The van der Waals surface area contributed by atoms with E-state index in [1.54, 1.807) is 6.07 Å². The van der Waals surface area contributed by atoms with E-state index in [9.17, 15) is 14.9 Å². The molecule has 1 fully saturated rings. The number of aromatic amines is 1. The van der Waals surface area contributed by atoms with Crippen LogP contribution in [0.2, 0.25) is 0 Å². The molecule has 0 spiro atoms. The fourth-order valence-electron chi connectivity index (χ4n) is 4.94. The number of carbonyl (C=O) groups is 1. The summed E-state index contributed by atoms with van der Waals surface area (Å²) in [5, 5.41) is 12.6. The summed E-state index contributed by atoms with van der Waals surface area (Å²) in [6, 6.07) is 8.60. The molecule has 0 radical (unpaired) electrons. The second-order valence-corrected chi connectivity index (χ2v) is 10.3. The third-order valence-electron chi connectivity index (χ3n) is 6.95. The average Bonchev–Trinajstić information content (AvgIpc) is 2.84. The van der Waals surface area contributed by atoms with Crippen LogP contribution in [0.1, 0.15) is 66.4 Å². The number of rotatable bonds is 8. The molecule has 3 rings (SSSR count). The van der Waals surface area contributed by atoms with Crippen LogP contribution in [0.25, 0.3) is 0 Å². The molecule has 1 aromatic heterocycles. The number of aryl methyl sites for hydroxylation is 1. The molecule has 8 heteroatoms. The highest BCUT2D eigenvalue weighted by atomic mass is 32.2. The van der Waals surface area contributed by atoms with Crippen LogP contribution in [0.3, 0.4) is 0 Å². The van der Waals surface area contributed by atoms with Gasteiger partial charge in [-0.25, -0.2) is 0 Å². The number of hydrogen-bond donors (Lipinski definition) is 2. The number of nitrogens with zero attached hydrogens (tertiary/aromatic N) is 3. The molecule has 35 heavy (non-hydrogen) atoms. The van der Waals surface area contributed by atoms with Crippen LogP contribution in [0.5, 0.6) is 0 Å². The summed E-state index contributed by atoms with van der Waals surface area (Å²) in [6.45, 7) is 13.4. The molecule has 0 unspecified atom stereocenters. The molecular weight excluding hydrogens is 458 g/mol. The van der Waals surface area contributed by atoms with Gasteiger partial charge in [0, 0.05) is 65.7 Å².